The van der Waals surface area contributed by atoms with Gasteiger partial charge in [-0.2, -0.15) is 0 Å². The number of hydrogen-bond acceptors (Lipinski definition) is 17. The number of amides is 7. The number of rotatable bonds is 34. The van der Waals surface area contributed by atoms with E-state index in [1.54, 1.807) is 80.3 Å². The highest BCUT2D eigenvalue weighted by atomic mass is 16.4. The number of benzene rings is 2. The van der Waals surface area contributed by atoms with Crippen molar-refractivity contribution in [1.82, 2.24) is 56.8 Å². The van der Waals surface area contributed by atoms with Gasteiger partial charge in [0.05, 0.1) is 26.2 Å². The molecule has 83 heavy (non-hydrogen) atoms. The summed E-state index contributed by atoms with van der Waals surface area (Å²) in [5, 5.41) is 83.1. The highest BCUT2D eigenvalue weighted by Crippen LogP contribution is 2.10. The van der Waals surface area contributed by atoms with Crippen molar-refractivity contribution >= 4 is 77.4 Å². The van der Waals surface area contributed by atoms with E-state index >= 15 is 0 Å². The van der Waals surface area contributed by atoms with Crippen molar-refractivity contribution in [3.8, 4) is 0 Å². The summed E-state index contributed by atoms with van der Waals surface area (Å²) in [4.78, 5) is 168. The molecule has 2 unspecified atom stereocenters. The van der Waals surface area contributed by atoms with Gasteiger partial charge in [-0.15, -0.1) is 0 Å². The fourth-order valence-electron chi connectivity index (χ4n) is 8.42. The lowest BCUT2D eigenvalue weighted by Crippen LogP contribution is -2.57. The molecule has 14 N–H and O–H groups in total. The fourth-order valence-corrected chi connectivity index (χ4v) is 8.42. The van der Waals surface area contributed by atoms with Crippen LogP contribution >= 0.6 is 0 Å². The van der Waals surface area contributed by atoms with Gasteiger partial charge in [0.25, 0.3) is 0 Å². The monoisotopic (exact) mass is 1170 g/mol. The van der Waals surface area contributed by atoms with Gasteiger partial charge in [0, 0.05) is 97.6 Å². The van der Waals surface area contributed by atoms with Crippen LogP contribution in [0.5, 0.6) is 0 Å². The lowest BCUT2D eigenvalue weighted by molar-refractivity contribution is -0.143. The average molecular weight is 1170 g/mol. The standard InChI is InChI=1S/C52H73N11O20/c64-40(53-17-18-54-41(65)15-12-36(50(79)80)58-52(83)59-37(51(81)82)13-16-43(67)68)14-11-35(49(77)78)56-48(76)39(28-34-9-5-2-6-10-34)57-47(75)38(27-33-7-3-1-4-8-33)55-42(66)29-60-19-21-61(30-44(69)70)23-25-63(32-46(73)74)26-24-62(22-20-60)31-45(71)72/h1-10,35-39H,11-32H2,(H,53,64)(H,54,65)(H,55,66)(H,56,76)(H,57,75)(H,67,68)(H,69,70)(H,71,72)(H,73,74)(H,77,78)(H,79,80)(H,81,82)(H2,58,59,83)/t35-,36+,37+,38?,39?/m1/s1. The maximum Gasteiger partial charge on any atom is 0.326 e. The van der Waals surface area contributed by atoms with E-state index in [1.165, 1.54) is 0 Å². The van der Waals surface area contributed by atoms with Crippen LogP contribution in [0.15, 0.2) is 60.7 Å². The molecule has 7 amide bonds. The number of nitrogens with one attached hydrogen (secondary N) is 7. The first-order valence-electron chi connectivity index (χ1n) is 26.4. The van der Waals surface area contributed by atoms with Crippen molar-refractivity contribution in [3.63, 3.8) is 0 Å². The van der Waals surface area contributed by atoms with Gasteiger partial charge < -0.3 is 73.0 Å². The summed E-state index contributed by atoms with van der Waals surface area (Å²) in [7, 11) is 0. The average Bonchev–Trinajstić information content (AvgIpc) is 3.53. The minimum atomic E-state index is -1.66. The van der Waals surface area contributed by atoms with Crippen molar-refractivity contribution in [3.05, 3.63) is 71.8 Å². The molecule has 0 saturated carbocycles. The second kappa shape index (κ2) is 36.5. The summed E-state index contributed by atoms with van der Waals surface area (Å²) in [6.45, 7) is -0.833. The molecule has 1 saturated heterocycles. The summed E-state index contributed by atoms with van der Waals surface area (Å²) < 4.78 is 0. The highest BCUT2D eigenvalue weighted by molar-refractivity contribution is 5.94. The molecule has 456 valence electrons. The van der Waals surface area contributed by atoms with Crippen molar-refractivity contribution < 1.29 is 98.1 Å². The van der Waals surface area contributed by atoms with Crippen LogP contribution in [0.2, 0.25) is 0 Å². The van der Waals surface area contributed by atoms with Crippen LogP contribution in [-0.2, 0) is 70.4 Å². The number of carbonyl (C=O) groups excluding carboxylic acids is 6. The molecular weight excluding hydrogens is 1100 g/mol. The molecule has 3 rings (SSSR count). The van der Waals surface area contributed by atoms with Gasteiger partial charge >= 0.3 is 47.8 Å². The molecule has 0 spiro atoms. The molecule has 1 aliphatic rings. The first kappa shape index (κ1) is 68.5. The van der Waals surface area contributed by atoms with Crippen LogP contribution in [0.1, 0.15) is 49.7 Å². The van der Waals surface area contributed by atoms with Crippen LogP contribution in [0.3, 0.4) is 0 Å². The Morgan fingerprint density at radius 1 is 0.361 bits per heavy atom. The Morgan fingerprint density at radius 2 is 0.675 bits per heavy atom. The minimum absolute atomic E-state index is 0.0825. The third kappa shape index (κ3) is 29.0. The Hall–Kier alpha value is -8.81. The molecule has 2 aromatic rings. The lowest BCUT2D eigenvalue weighted by Gasteiger charge is -2.33. The quantitative estimate of drug-likeness (QED) is 0.0301. The molecule has 0 bridgehead atoms. The molecule has 31 heteroatoms. The van der Waals surface area contributed by atoms with Crippen LogP contribution in [0.25, 0.3) is 0 Å². The Bertz CT molecular complexity index is 2510. The summed E-state index contributed by atoms with van der Waals surface area (Å²) in [5.41, 5.74) is 1.16. The Labute approximate surface area is 476 Å². The SMILES string of the molecule is O=C(O)CC[C@H](NC(=O)N[C@@H](CCC(=O)NCCNC(=O)CC[C@@H](NC(=O)C(Cc1ccccc1)NC(=O)C(Cc1ccccc1)NC(=O)CN1CCN(CC(=O)O)CCN(CC(=O)O)CCN(CC(=O)O)CC1)C(=O)O)C(=O)O)C(=O)O. The smallest absolute Gasteiger partial charge is 0.326 e. The first-order valence-corrected chi connectivity index (χ1v) is 26.4. The van der Waals surface area contributed by atoms with E-state index in [0.29, 0.717) is 11.1 Å². The van der Waals surface area contributed by atoms with E-state index in [2.05, 4.69) is 26.6 Å². The number of carboxylic acids is 7. The van der Waals surface area contributed by atoms with Crippen LogP contribution in [0, 0.1) is 0 Å². The summed E-state index contributed by atoms with van der Waals surface area (Å²) in [5.74, 6) is -13.2. The Kier molecular flexibility index (Phi) is 30.1. The van der Waals surface area contributed by atoms with Gasteiger partial charge in [-0.1, -0.05) is 60.7 Å². The second-order valence-corrected chi connectivity index (χ2v) is 19.4. The van der Waals surface area contributed by atoms with E-state index in [4.69, 9.17) is 5.11 Å². The highest BCUT2D eigenvalue weighted by Gasteiger charge is 2.32. The second-order valence-electron chi connectivity index (χ2n) is 19.4. The van der Waals surface area contributed by atoms with Crippen LogP contribution in [0.4, 0.5) is 4.79 Å². The number of carbonyl (C=O) groups is 13. The predicted molar refractivity (Wildman–Crippen MR) is 288 cm³/mol. The third-order valence-electron chi connectivity index (χ3n) is 12.8. The zero-order valence-electron chi connectivity index (χ0n) is 45.4. The lowest BCUT2D eigenvalue weighted by atomic mass is 10.0. The number of nitrogens with zero attached hydrogens (tertiary/aromatic N) is 4. The summed E-state index contributed by atoms with van der Waals surface area (Å²) >= 11 is 0. The zero-order chi connectivity index (χ0) is 61.4. The first-order chi connectivity index (χ1) is 39.4. The molecule has 5 atom stereocenters. The largest absolute Gasteiger partial charge is 0.481 e. The molecule has 2 aromatic carbocycles. The van der Waals surface area contributed by atoms with E-state index < -0.39 is 159 Å². The van der Waals surface area contributed by atoms with E-state index in [-0.39, 0.29) is 91.4 Å². The van der Waals surface area contributed by atoms with E-state index in [9.17, 15) is 93.0 Å². The minimum Gasteiger partial charge on any atom is -0.481 e. The summed E-state index contributed by atoms with van der Waals surface area (Å²) in [6.07, 6.45) is -3.10. The molecule has 1 fully saturated rings. The van der Waals surface area contributed by atoms with Crippen molar-refractivity contribution in [2.75, 3.05) is 91.6 Å². The molecule has 0 aromatic heterocycles. The molecule has 1 aliphatic heterocycles. The topological polar surface area (TPSA) is 461 Å². The van der Waals surface area contributed by atoms with Crippen LogP contribution < -0.4 is 37.2 Å². The predicted octanol–water partition coefficient (Wildman–Crippen LogP) is -3.65. The van der Waals surface area contributed by atoms with Crippen molar-refractivity contribution in [2.45, 2.75) is 81.6 Å². The molecule has 0 aliphatic carbocycles. The van der Waals surface area contributed by atoms with Gasteiger partial charge in [0.1, 0.15) is 30.2 Å². The number of hydrogen-bond donors (Lipinski definition) is 14. The molecule has 31 nitrogen and oxygen atoms in total. The van der Waals surface area contributed by atoms with Gasteiger partial charge in [-0.3, -0.25) is 62.8 Å². The summed E-state index contributed by atoms with van der Waals surface area (Å²) in [6, 6.07) is 7.98. The normalized spacial score (nSPS) is 15.6. The number of carboxylic acid groups (broad SMARTS) is 7. The van der Waals surface area contributed by atoms with Crippen molar-refractivity contribution in [2.24, 2.45) is 0 Å². The van der Waals surface area contributed by atoms with Gasteiger partial charge in [0.15, 0.2) is 0 Å². The van der Waals surface area contributed by atoms with E-state index in [1.807, 2.05) is 10.6 Å². The molecule has 0 radical (unpaired) electrons. The van der Waals surface area contributed by atoms with Crippen molar-refractivity contribution in [1.29, 1.82) is 0 Å². The van der Waals surface area contributed by atoms with Gasteiger partial charge in [-0.25, -0.2) is 19.2 Å². The van der Waals surface area contributed by atoms with E-state index in [0.717, 1.165) is 0 Å². The number of urea groups is 1. The van der Waals surface area contributed by atoms with Crippen LogP contribution in [-0.4, -0.2) is 255 Å². The Balaban J connectivity index is 1.68. The zero-order valence-corrected chi connectivity index (χ0v) is 45.4. The van der Waals surface area contributed by atoms with Gasteiger partial charge in [0.2, 0.25) is 29.5 Å². The fraction of sp³-hybridized carbons (Fsp3) is 0.519. The maximum absolute atomic E-state index is 14.4. The Morgan fingerprint density at radius 3 is 1.01 bits per heavy atom. The molecule has 1 heterocycles. The third-order valence-corrected chi connectivity index (χ3v) is 12.8. The maximum atomic E-state index is 14.4. The molecular formula is C52H73N11O20. The number of aliphatic carboxylic acids is 7. The van der Waals surface area contributed by atoms with Gasteiger partial charge in [-0.05, 0) is 30.4 Å².